The van der Waals surface area contributed by atoms with Crippen molar-refractivity contribution in [3.05, 3.63) is 29.8 Å². The molecule has 0 amide bonds. The molecule has 0 saturated carbocycles. The molecule has 0 spiro atoms. The predicted octanol–water partition coefficient (Wildman–Crippen LogP) is 1.45. The molecule has 1 unspecified atom stereocenters. The van der Waals surface area contributed by atoms with Crippen LogP contribution >= 0.6 is 0 Å². The molecular weight excluding hydrogens is 202 g/mol. The maximum absolute atomic E-state index is 9.09. The summed E-state index contributed by atoms with van der Waals surface area (Å²) in [7, 11) is 0. The molecule has 1 aromatic rings. The van der Waals surface area contributed by atoms with Gasteiger partial charge in [0.2, 0.25) is 0 Å². The van der Waals surface area contributed by atoms with Gasteiger partial charge in [0.05, 0.1) is 19.3 Å². The molecule has 16 heavy (non-hydrogen) atoms. The number of anilines is 1. The van der Waals surface area contributed by atoms with Crippen LogP contribution in [-0.2, 0) is 11.2 Å². The zero-order valence-electron chi connectivity index (χ0n) is 9.72. The summed E-state index contributed by atoms with van der Waals surface area (Å²) in [6.45, 7) is 4.64. The van der Waals surface area contributed by atoms with Crippen molar-refractivity contribution in [2.24, 2.45) is 0 Å². The smallest absolute Gasteiger partial charge is 0.0980 e. The van der Waals surface area contributed by atoms with Gasteiger partial charge < -0.3 is 14.7 Å². The Kier molecular flexibility index (Phi) is 3.80. The molecule has 1 fully saturated rings. The average Bonchev–Trinajstić information content (AvgIpc) is 2.39. The maximum Gasteiger partial charge on any atom is 0.0980 e. The Labute approximate surface area is 96.6 Å². The number of aliphatic hydroxyl groups excluding tert-OH is 1. The fraction of sp³-hybridized carbons (Fsp3) is 0.538. The number of aliphatic hydroxyl groups is 1. The van der Waals surface area contributed by atoms with E-state index in [-0.39, 0.29) is 12.7 Å². The molecule has 88 valence electrons. The Balaban J connectivity index is 2.05. The van der Waals surface area contributed by atoms with Gasteiger partial charge in [-0.2, -0.15) is 0 Å². The molecule has 1 atom stereocenters. The monoisotopic (exact) mass is 221 g/mol. The van der Waals surface area contributed by atoms with Gasteiger partial charge in [0, 0.05) is 18.8 Å². The first kappa shape index (κ1) is 11.4. The minimum absolute atomic E-state index is 0.0420. The summed E-state index contributed by atoms with van der Waals surface area (Å²) in [6.07, 6.45) is 1.03. The second-order valence-corrected chi connectivity index (χ2v) is 4.14. The number of hydrogen-bond donors (Lipinski definition) is 1. The van der Waals surface area contributed by atoms with E-state index in [0.717, 1.165) is 19.5 Å². The van der Waals surface area contributed by atoms with E-state index >= 15 is 0 Å². The van der Waals surface area contributed by atoms with Crippen molar-refractivity contribution in [3.63, 3.8) is 0 Å². The summed E-state index contributed by atoms with van der Waals surface area (Å²) in [6, 6.07) is 8.63. The van der Waals surface area contributed by atoms with Gasteiger partial charge in [-0.1, -0.05) is 19.1 Å². The lowest BCUT2D eigenvalue weighted by atomic mass is 10.1. The van der Waals surface area contributed by atoms with E-state index in [2.05, 4.69) is 36.1 Å². The van der Waals surface area contributed by atoms with Gasteiger partial charge in [-0.25, -0.2) is 0 Å². The van der Waals surface area contributed by atoms with E-state index in [0.29, 0.717) is 6.61 Å². The van der Waals surface area contributed by atoms with Crippen LogP contribution in [0.1, 0.15) is 12.5 Å². The first-order valence-corrected chi connectivity index (χ1v) is 5.90. The Morgan fingerprint density at radius 1 is 1.38 bits per heavy atom. The number of ether oxygens (including phenoxy) is 1. The van der Waals surface area contributed by atoms with Crippen LogP contribution < -0.4 is 4.90 Å². The molecular formula is C13H19NO2. The fourth-order valence-corrected chi connectivity index (χ4v) is 2.01. The van der Waals surface area contributed by atoms with Crippen LogP contribution in [0.15, 0.2) is 24.3 Å². The molecule has 1 aliphatic heterocycles. The molecule has 1 aliphatic rings. The van der Waals surface area contributed by atoms with Crippen LogP contribution in [0, 0.1) is 0 Å². The van der Waals surface area contributed by atoms with Crippen molar-refractivity contribution in [2.45, 2.75) is 19.4 Å². The molecule has 3 heteroatoms. The van der Waals surface area contributed by atoms with Crippen molar-refractivity contribution in [3.8, 4) is 0 Å². The Hall–Kier alpha value is -1.06. The van der Waals surface area contributed by atoms with Crippen LogP contribution in [0.4, 0.5) is 5.69 Å². The van der Waals surface area contributed by atoms with Crippen molar-refractivity contribution in [2.75, 3.05) is 31.2 Å². The number of hydrogen-bond acceptors (Lipinski definition) is 3. The predicted molar refractivity (Wildman–Crippen MR) is 64.9 cm³/mol. The highest BCUT2D eigenvalue weighted by Crippen LogP contribution is 2.18. The number of benzene rings is 1. The molecule has 1 aromatic carbocycles. The van der Waals surface area contributed by atoms with Crippen molar-refractivity contribution in [1.29, 1.82) is 0 Å². The van der Waals surface area contributed by atoms with Gasteiger partial charge in [-0.05, 0) is 24.1 Å². The normalized spacial score (nSPS) is 21.1. The van der Waals surface area contributed by atoms with Gasteiger partial charge in [0.1, 0.15) is 0 Å². The Morgan fingerprint density at radius 2 is 2.12 bits per heavy atom. The van der Waals surface area contributed by atoms with E-state index in [1.807, 2.05) is 0 Å². The summed E-state index contributed by atoms with van der Waals surface area (Å²) in [5.74, 6) is 0. The van der Waals surface area contributed by atoms with E-state index in [9.17, 15) is 0 Å². The highest BCUT2D eigenvalue weighted by Gasteiger charge is 2.19. The van der Waals surface area contributed by atoms with E-state index < -0.39 is 0 Å². The molecule has 1 saturated heterocycles. The molecule has 0 aromatic heterocycles. The fourth-order valence-electron chi connectivity index (χ4n) is 2.01. The lowest BCUT2D eigenvalue weighted by molar-refractivity contribution is 0.00357. The third-order valence-corrected chi connectivity index (χ3v) is 3.05. The quantitative estimate of drug-likeness (QED) is 0.838. The Morgan fingerprint density at radius 3 is 2.75 bits per heavy atom. The van der Waals surface area contributed by atoms with E-state index in [1.54, 1.807) is 0 Å². The first-order chi connectivity index (χ1) is 7.83. The highest BCUT2D eigenvalue weighted by atomic mass is 16.5. The molecule has 1 heterocycles. The van der Waals surface area contributed by atoms with Crippen LogP contribution in [0.3, 0.4) is 0 Å². The number of morpholine rings is 1. The second kappa shape index (κ2) is 5.32. The average molecular weight is 221 g/mol. The van der Waals surface area contributed by atoms with Crippen LogP contribution in [0.2, 0.25) is 0 Å². The molecule has 1 N–H and O–H groups in total. The molecule has 0 bridgehead atoms. The van der Waals surface area contributed by atoms with E-state index in [1.165, 1.54) is 11.3 Å². The van der Waals surface area contributed by atoms with Gasteiger partial charge in [-0.15, -0.1) is 0 Å². The molecule has 3 nitrogen and oxygen atoms in total. The summed E-state index contributed by atoms with van der Waals surface area (Å²) in [5.41, 5.74) is 2.58. The molecule has 2 rings (SSSR count). The summed E-state index contributed by atoms with van der Waals surface area (Å²) >= 11 is 0. The van der Waals surface area contributed by atoms with Crippen LogP contribution in [0.25, 0.3) is 0 Å². The highest BCUT2D eigenvalue weighted by molar-refractivity contribution is 5.48. The maximum atomic E-state index is 9.09. The van der Waals surface area contributed by atoms with Crippen LogP contribution in [-0.4, -0.2) is 37.5 Å². The third kappa shape index (κ3) is 2.54. The lowest BCUT2D eigenvalue weighted by Gasteiger charge is -2.33. The largest absolute Gasteiger partial charge is 0.394 e. The van der Waals surface area contributed by atoms with Crippen molar-refractivity contribution >= 4 is 5.69 Å². The summed E-state index contributed by atoms with van der Waals surface area (Å²) in [5, 5.41) is 9.09. The third-order valence-electron chi connectivity index (χ3n) is 3.05. The van der Waals surface area contributed by atoms with Crippen molar-refractivity contribution < 1.29 is 9.84 Å². The summed E-state index contributed by atoms with van der Waals surface area (Å²) in [4.78, 5) is 2.27. The number of rotatable bonds is 3. The standard InChI is InChI=1S/C13H19NO2/c1-2-11-3-5-12(6-4-11)14-7-8-16-13(9-14)10-15/h3-6,13,15H,2,7-10H2,1H3. The minimum atomic E-state index is -0.0420. The number of aryl methyl sites for hydroxylation is 1. The summed E-state index contributed by atoms with van der Waals surface area (Å²) < 4.78 is 5.43. The van der Waals surface area contributed by atoms with Gasteiger partial charge in [-0.3, -0.25) is 0 Å². The first-order valence-electron chi connectivity index (χ1n) is 5.90. The molecule has 0 radical (unpaired) electrons. The number of nitrogens with zero attached hydrogens (tertiary/aromatic N) is 1. The Bertz CT molecular complexity index is 323. The van der Waals surface area contributed by atoms with Gasteiger partial charge >= 0.3 is 0 Å². The minimum Gasteiger partial charge on any atom is -0.394 e. The van der Waals surface area contributed by atoms with E-state index in [4.69, 9.17) is 9.84 Å². The zero-order chi connectivity index (χ0) is 11.4. The topological polar surface area (TPSA) is 32.7 Å². The van der Waals surface area contributed by atoms with Crippen LogP contribution in [0.5, 0.6) is 0 Å². The second-order valence-electron chi connectivity index (χ2n) is 4.14. The van der Waals surface area contributed by atoms with Gasteiger partial charge in [0.25, 0.3) is 0 Å². The van der Waals surface area contributed by atoms with Gasteiger partial charge in [0.15, 0.2) is 0 Å². The molecule has 0 aliphatic carbocycles. The zero-order valence-corrected chi connectivity index (χ0v) is 9.72. The SMILES string of the molecule is CCc1ccc(N2CCOC(CO)C2)cc1. The lowest BCUT2D eigenvalue weighted by Crippen LogP contribution is -2.44. The van der Waals surface area contributed by atoms with Crippen molar-refractivity contribution in [1.82, 2.24) is 0 Å².